The molecule has 1 fully saturated rings. The first-order valence-electron chi connectivity index (χ1n) is 6.86. The Balaban J connectivity index is 0.00000220. The maximum absolute atomic E-state index is 12.7. The van der Waals surface area contributed by atoms with E-state index in [-0.39, 0.29) is 30.5 Å². The predicted molar refractivity (Wildman–Crippen MR) is 87.3 cm³/mol. The van der Waals surface area contributed by atoms with Crippen molar-refractivity contribution >= 4 is 29.9 Å². The molecule has 6 heteroatoms. The summed E-state index contributed by atoms with van der Waals surface area (Å²) in [7, 11) is 1.71. The lowest BCUT2D eigenvalue weighted by Crippen LogP contribution is -2.51. The van der Waals surface area contributed by atoms with Crippen molar-refractivity contribution in [3.8, 4) is 0 Å². The van der Waals surface area contributed by atoms with Crippen molar-refractivity contribution in [1.82, 2.24) is 4.90 Å². The number of aryl methyl sites for hydroxylation is 1. The molecular weight excluding hydrogens is 311 g/mol. The molecule has 1 amide bonds. The van der Waals surface area contributed by atoms with Crippen LogP contribution in [0.4, 0.5) is 0 Å². The summed E-state index contributed by atoms with van der Waals surface area (Å²) in [6, 6.07) is 5.39. The third-order valence-electron chi connectivity index (χ3n) is 3.95. The summed E-state index contributed by atoms with van der Waals surface area (Å²) in [6.45, 7) is 3.04. The van der Waals surface area contributed by atoms with Crippen LogP contribution in [0.25, 0.3) is 0 Å². The first-order chi connectivity index (χ1) is 9.56. The molecule has 1 saturated heterocycles. The SMILES string of the molecule is COC1CCN(C(=O)c2ccc(Cl)cc2C)C(CN)C1.Cl. The lowest BCUT2D eigenvalue weighted by Gasteiger charge is -2.38. The number of rotatable bonds is 3. The fraction of sp³-hybridized carbons (Fsp3) is 0.533. The van der Waals surface area contributed by atoms with Crippen molar-refractivity contribution < 1.29 is 9.53 Å². The quantitative estimate of drug-likeness (QED) is 0.925. The Hall–Kier alpha value is -0.810. The maximum atomic E-state index is 12.7. The normalized spacial score (nSPS) is 21.8. The molecule has 118 valence electrons. The second-order valence-electron chi connectivity index (χ2n) is 5.23. The Bertz CT molecular complexity index is 497. The number of carbonyl (C=O) groups excluding carboxylic acids is 1. The van der Waals surface area contributed by atoms with Gasteiger partial charge in [0.15, 0.2) is 0 Å². The molecule has 2 rings (SSSR count). The van der Waals surface area contributed by atoms with E-state index in [1.165, 1.54) is 0 Å². The van der Waals surface area contributed by atoms with E-state index >= 15 is 0 Å². The topological polar surface area (TPSA) is 55.6 Å². The summed E-state index contributed by atoms with van der Waals surface area (Å²) in [5.74, 6) is 0.0316. The molecule has 0 bridgehead atoms. The number of hydrogen-bond acceptors (Lipinski definition) is 3. The molecule has 0 radical (unpaired) electrons. The summed E-state index contributed by atoms with van der Waals surface area (Å²) in [5, 5.41) is 0.646. The smallest absolute Gasteiger partial charge is 0.254 e. The molecule has 1 aliphatic rings. The Morgan fingerprint density at radius 1 is 1.52 bits per heavy atom. The van der Waals surface area contributed by atoms with Crippen molar-refractivity contribution in [2.45, 2.75) is 31.9 Å². The van der Waals surface area contributed by atoms with Crippen LogP contribution in [0.3, 0.4) is 0 Å². The molecule has 0 aromatic heterocycles. The van der Waals surface area contributed by atoms with E-state index in [1.807, 2.05) is 17.9 Å². The fourth-order valence-electron chi connectivity index (χ4n) is 2.74. The van der Waals surface area contributed by atoms with Gasteiger partial charge in [-0.15, -0.1) is 12.4 Å². The zero-order valence-electron chi connectivity index (χ0n) is 12.3. The fourth-order valence-corrected chi connectivity index (χ4v) is 2.97. The van der Waals surface area contributed by atoms with Crippen LogP contribution in [-0.2, 0) is 4.74 Å². The van der Waals surface area contributed by atoms with Gasteiger partial charge in [0.1, 0.15) is 0 Å². The molecule has 2 unspecified atom stereocenters. The number of amides is 1. The molecule has 2 N–H and O–H groups in total. The van der Waals surface area contributed by atoms with Gasteiger partial charge in [-0.1, -0.05) is 11.6 Å². The van der Waals surface area contributed by atoms with E-state index in [1.54, 1.807) is 19.2 Å². The minimum atomic E-state index is 0. The van der Waals surface area contributed by atoms with E-state index in [4.69, 9.17) is 22.1 Å². The Morgan fingerprint density at radius 2 is 2.24 bits per heavy atom. The van der Waals surface area contributed by atoms with Gasteiger partial charge in [0.2, 0.25) is 0 Å². The molecule has 1 aromatic rings. The molecule has 4 nitrogen and oxygen atoms in total. The predicted octanol–water partition coefficient (Wildman–Crippen LogP) is 2.65. The highest BCUT2D eigenvalue weighted by Gasteiger charge is 2.31. The monoisotopic (exact) mass is 332 g/mol. The lowest BCUT2D eigenvalue weighted by atomic mass is 9.97. The van der Waals surface area contributed by atoms with Gasteiger partial charge in [-0.3, -0.25) is 4.79 Å². The molecule has 1 aromatic carbocycles. The molecule has 2 atom stereocenters. The zero-order chi connectivity index (χ0) is 14.7. The van der Waals surface area contributed by atoms with Crippen LogP contribution in [0.5, 0.6) is 0 Å². The number of hydrogen-bond donors (Lipinski definition) is 1. The first-order valence-corrected chi connectivity index (χ1v) is 7.24. The van der Waals surface area contributed by atoms with Crippen molar-refractivity contribution in [2.24, 2.45) is 5.73 Å². The number of halogens is 2. The number of methoxy groups -OCH3 is 1. The van der Waals surface area contributed by atoms with Crippen LogP contribution in [0.1, 0.15) is 28.8 Å². The highest BCUT2D eigenvalue weighted by atomic mass is 35.5. The van der Waals surface area contributed by atoms with E-state index in [9.17, 15) is 4.79 Å². The Morgan fingerprint density at radius 3 is 2.81 bits per heavy atom. The van der Waals surface area contributed by atoms with Gasteiger partial charge < -0.3 is 15.4 Å². The molecule has 0 spiro atoms. The maximum Gasteiger partial charge on any atom is 0.254 e. The third kappa shape index (κ3) is 4.10. The van der Waals surface area contributed by atoms with Gasteiger partial charge in [-0.05, 0) is 43.5 Å². The number of nitrogens with two attached hydrogens (primary N) is 1. The highest BCUT2D eigenvalue weighted by Crippen LogP contribution is 2.23. The standard InChI is InChI=1S/C15H21ClN2O2.ClH/c1-10-7-11(16)3-4-14(10)15(19)18-6-5-13(20-2)8-12(18)9-17;/h3-4,7,12-13H,5-6,8-9,17H2,1-2H3;1H. The van der Waals surface area contributed by atoms with Gasteiger partial charge in [0.05, 0.1) is 6.10 Å². The van der Waals surface area contributed by atoms with Crippen LogP contribution >= 0.6 is 24.0 Å². The van der Waals surface area contributed by atoms with Gasteiger partial charge in [0, 0.05) is 36.8 Å². The largest absolute Gasteiger partial charge is 0.381 e. The number of benzene rings is 1. The van der Waals surface area contributed by atoms with E-state index < -0.39 is 0 Å². The van der Waals surface area contributed by atoms with Crippen LogP contribution in [0.2, 0.25) is 5.02 Å². The molecule has 0 saturated carbocycles. The summed E-state index contributed by atoms with van der Waals surface area (Å²) < 4.78 is 5.39. The van der Waals surface area contributed by atoms with Gasteiger partial charge in [0.25, 0.3) is 5.91 Å². The summed E-state index contributed by atoms with van der Waals surface area (Å²) in [6.07, 6.45) is 1.84. The molecular formula is C15H22Cl2N2O2. The Labute approximate surface area is 137 Å². The highest BCUT2D eigenvalue weighted by molar-refractivity contribution is 6.30. The second-order valence-corrected chi connectivity index (χ2v) is 5.67. The number of likely N-dealkylation sites (tertiary alicyclic amines) is 1. The van der Waals surface area contributed by atoms with Crippen molar-refractivity contribution in [3.05, 3.63) is 34.3 Å². The van der Waals surface area contributed by atoms with E-state index in [2.05, 4.69) is 0 Å². The summed E-state index contributed by atoms with van der Waals surface area (Å²) in [5.41, 5.74) is 7.41. The van der Waals surface area contributed by atoms with E-state index in [0.717, 1.165) is 18.4 Å². The molecule has 1 heterocycles. The van der Waals surface area contributed by atoms with Crippen LogP contribution in [0, 0.1) is 6.92 Å². The summed E-state index contributed by atoms with van der Waals surface area (Å²) in [4.78, 5) is 14.5. The number of nitrogens with zero attached hydrogens (tertiary/aromatic N) is 1. The van der Waals surface area contributed by atoms with Crippen LogP contribution in [0.15, 0.2) is 18.2 Å². The van der Waals surface area contributed by atoms with Crippen molar-refractivity contribution in [2.75, 3.05) is 20.2 Å². The minimum Gasteiger partial charge on any atom is -0.381 e. The summed E-state index contributed by atoms with van der Waals surface area (Å²) >= 11 is 5.94. The van der Waals surface area contributed by atoms with Gasteiger partial charge >= 0.3 is 0 Å². The first kappa shape index (κ1) is 18.2. The van der Waals surface area contributed by atoms with Gasteiger partial charge in [-0.25, -0.2) is 0 Å². The van der Waals surface area contributed by atoms with Crippen LogP contribution in [-0.4, -0.2) is 43.2 Å². The van der Waals surface area contributed by atoms with Gasteiger partial charge in [-0.2, -0.15) is 0 Å². The number of ether oxygens (including phenoxy) is 1. The molecule has 21 heavy (non-hydrogen) atoms. The van der Waals surface area contributed by atoms with Crippen molar-refractivity contribution in [1.29, 1.82) is 0 Å². The third-order valence-corrected chi connectivity index (χ3v) is 4.19. The second kappa shape index (κ2) is 7.99. The average molecular weight is 333 g/mol. The number of carbonyl (C=O) groups is 1. The molecule has 1 aliphatic heterocycles. The van der Waals surface area contributed by atoms with Crippen molar-refractivity contribution in [3.63, 3.8) is 0 Å². The minimum absolute atomic E-state index is 0. The van der Waals surface area contributed by atoms with E-state index in [0.29, 0.717) is 23.7 Å². The average Bonchev–Trinajstić information content (AvgIpc) is 2.46. The molecule has 0 aliphatic carbocycles. The lowest BCUT2D eigenvalue weighted by molar-refractivity contribution is 0.0138. The van der Waals surface area contributed by atoms with Crippen LogP contribution < -0.4 is 5.73 Å². The zero-order valence-corrected chi connectivity index (χ0v) is 13.9. The number of piperidine rings is 1. The Kier molecular flexibility index (Phi) is 6.94.